The van der Waals surface area contributed by atoms with E-state index >= 15 is 0 Å². The molecular formula is C22H21F3N2O2. The second kappa shape index (κ2) is 7.89. The molecule has 0 N–H and O–H groups in total. The SMILES string of the molecule is O=C(OCc1ccccc1)N1C2C=C(c3ccnc(C(F)(F)F)c3)CC1CCC2. The van der Waals surface area contributed by atoms with Crippen LogP contribution in [0.25, 0.3) is 5.57 Å². The van der Waals surface area contributed by atoms with Gasteiger partial charge in [0.25, 0.3) is 0 Å². The maximum atomic E-state index is 13.0. The Morgan fingerprint density at radius 3 is 2.69 bits per heavy atom. The highest BCUT2D eigenvalue weighted by Gasteiger charge is 2.39. The molecule has 4 nitrogen and oxygen atoms in total. The molecule has 1 aromatic carbocycles. The van der Waals surface area contributed by atoms with Crippen LogP contribution in [0.4, 0.5) is 18.0 Å². The number of amides is 1. The highest BCUT2D eigenvalue weighted by molar-refractivity contribution is 5.74. The van der Waals surface area contributed by atoms with Crippen LogP contribution in [0.1, 0.15) is 42.5 Å². The first kappa shape index (κ1) is 19.5. The van der Waals surface area contributed by atoms with E-state index in [1.165, 1.54) is 6.20 Å². The average Bonchev–Trinajstić information content (AvgIpc) is 2.71. The normalized spacial score (nSPS) is 21.5. The maximum absolute atomic E-state index is 13.0. The smallest absolute Gasteiger partial charge is 0.433 e. The van der Waals surface area contributed by atoms with Gasteiger partial charge in [0.05, 0.1) is 6.04 Å². The number of carbonyl (C=O) groups excluding carboxylic acids is 1. The lowest BCUT2D eigenvalue weighted by atomic mass is 9.83. The van der Waals surface area contributed by atoms with Crippen LogP contribution in [0, 0.1) is 0 Å². The quantitative estimate of drug-likeness (QED) is 0.686. The molecule has 2 bridgehead atoms. The summed E-state index contributed by atoms with van der Waals surface area (Å²) in [5, 5.41) is 0. The molecule has 3 heterocycles. The van der Waals surface area contributed by atoms with Gasteiger partial charge in [-0.1, -0.05) is 36.4 Å². The Labute approximate surface area is 167 Å². The van der Waals surface area contributed by atoms with Gasteiger partial charge in [0, 0.05) is 12.2 Å². The standard InChI is InChI=1S/C22H21F3N2O2/c23-22(24,25)20-13-16(9-10-26-20)17-11-18-7-4-8-19(12-17)27(18)21(28)29-14-15-5-2-1-3-6-15/h1-3,5-6,9-11,13,18-19H,4,7-8,12,14H2. The van der Waals surface area contributed by atoms with Gasteiger partial charge in [-0.25, -0.2) is 4.79 Å². The molecular weight excluding hydrogens is 381 g/mol. The number of benzene rings is 1. The first-order valence-corrected chi connectivity index (χ1v) is 9.65. The van der Waals surface area contributed by atoms with E-state index in [-0.39, 0.29) is 24.8 Å². The minimum Gasteiger partial charge on any atom is -0.445 e. The number of rotatable bonds is 3. The van der Waals surface area contributed by atoms with Crippen molar-refractivity contribution in [2.45, 2.75) is 50.6 Å². The van der Waals surface area contributed by atoms with E-state index in [9.17, 15) is 18.0 Å². The van der Waals surface area contributed by atoms with Gasteiger partial charge < -0.3 is 4.74 Å². The molecule has 7 heteroatoms. The van der Waals surface area contributed by atoms with Gasteiger partial charge >= 0.3 is 12.3 Å². The Kier molecular flexibility index (Phi) is 5.30. The summed E-state index contributed by atoms with van der Waals surface area (Å²) in [5.74, 6) is 0. The lowest BCUT2D eigenvalue weighted by molar-refractivity contribution is -0.141. The number of pyridine rings is 1. The van der Waals surface area contributed by atoms with Gasteiger partial charge in [0.2, 0.25) is 0 Å². The molecule has 1 aromatic heterocycles. The summed E-state index contributed by atoms with van der Waals surface area (Å²) in [6.07, 6.45) is 1.33. The largest absolute Gasteiger partial charge is 0.445 e. The van der Waals surface area contributed by atoms with Crippen LogP contribution in [0.3, 0.4) is 0 Å². The minimum absolute atomic E-state index is 0.0699. The molecule has 2 aliphatic heterocycles. The number of ether oxygens (including phenoxy) is 1. The van der Waals surface area contributed by atoms with Crippen molar-refractivity contribution >= 4 is 11.7 Å². The molecule has 2 aromatic rings. The number of alkyl halides is 3. The van der Waals surface area contributed by atoms with Crippen LogP contribution >= 0.6 is 0 Å². The van der Waals surface area contributed by atoms with Crippen LogP contribution in [-0.2, 0) is 17.5 Å². The zero-order valence-electron chi connectivity index (χ0n) is 15.7. The third-order valence-corrected chi connectivity index (χ3v) is 5.47. The Balaban J connectivity index is 1.52. The summed E-state index contributed by atoms with van der Waals surface area (Å²) < 4.78 is 44.5. The van der Waals surface area contributed by atoms with Crippen LogP contribution in [0.15, 0.2) is 54.7 Å². The summed E-state index contributed by atoms with van der Waals surface area (Å²) in [4.78, 5) is 17.9. The van der Waals surface area contributed by atoms with E-state index in [0.717, 1.165) is 36.5 Å². The van der Waals surface area contributed by atoms with Crippen LogP contribution in [0.2, 0.25) is 0 Å². The van der Waals surface area contributed by atoms with E-state index in [1.54, 1.807) is 11.0 Å². The number of halogens is 3. The first-order valence-electron chi connectivity index (χ1n) is 9.65. The summed E-state index contributed by atoms with van der Waals surface area (Å²) in [7, 11) is 0. The zero-order chi connectivity index (χ0) is 20.4. The zero-order valence-corrected chi connectivity index (χ0v) is 15.7. The monoisotopic (exact) mass is 402 g/mol. The van der Waals surface area contributed by atoms with Crippen LogP contribution in [-0.4, -0.2) is 28.1 Å². The van der Waals surface area contributed by atoms with Crippen molar-refractivity contribution in [3.63, 3.8) is 0 Å². The third kappa shape index (κ3) is 4.28. The molecule has 0 radical (unpaired) electrons. The average molecular weight is 402 g/mol. The molecule has 2 atom stereocenters. The molecule has 2 aliphatic rings. The van der Waals surface area contributed by atoms with Gasteiger partial charge in [-0.2, -0.15) is 13.2 Å². The van der Waals surface area contributed by atoms with E-state index < -0.39 is 11.9 Å². The van der Waals surface area contributed by atoms with Crippen molar-refractivity contribution in [1.29, 1.82) is 0 Å². The second-order valence-corrected chi connectivity index (χ2v) is 7.42. The van der Waals surface area contributed by atoms with Crippen molar-refractivity contribution in [3.8, 4) is 0 Å². The van der Waals surface area contributed by atoms with Crippen molar-refractivity contribution in [2.24, 2.45) is 0 Å². The van der Waals surface area contributed by atoms with E-state index in [4.69, 9.17) is 4.74 Å². The van der Waals surface area contributed by atoms with E-state index in [2.05, 4.69) is 4.98 Å². The lowest BCUT2D eigenvalue weighted by Gasteiger charge is -2.44. The number of piperidine rings is 1. The molecule has 29 heavy (non-hydrogen) atoms. The fourth-order valence-electron chi connectivity index (χ4n) is 4.11. The number of fused-ring (bicyclic) bond motifs is 2. The Morgan fingerprint density at radius 1 is 1.17 bits per heavy atom. The summed E-state index contributed by atoms with van der Waals surface area (Å²) in [6, 6.07) is 11.9. The molecule has 152 valence electrons. The fourth-order valence-corrected chi connectivity index (χ4v) is 4.11. The summed E-state index contributed by atoms with van der Waals surface area (Å²) in [5.41, 5.74) is 1.36. The number of carbonyl (C=O) groups is 1. The van der Waals surface area contributed by atoms with Crippen molar-refractivity contribution in [3.05, 3.63) is 71.6 Å². The lowest BCUT2D eigenvalue weighted by Crippen LogP contribution is -2.51. The molecule has 2 unspecified atom stereocenters. The van der Waals surface area contributed by atoms with Gasteiger partial charge in [0.1, 0.15) is 12.3 Å². The van der Waals surface area contributed by atoms with Crippen molar-refractivity contribution < 1.29 is 22.7 Å². The summed E-state index contributed by atoms with van der Waals surface area (Å²) in [6.45, 7) is 0.200. The Bertz CT molecular complexity index is 912. The number of hydrogen-bond acceptors (Lipinski definition) is 3. The fraction of sp³-hybridized carbons (Fsp3) is 0.364. The topological polar surface area (TPSA) is 42.4 Å². The molecule has 0 aliphatic carbocycles. The van der Waals surface area contributed by atoms with Gasteiger partial charge in [0.15, 0.2) is 0 Å². The molecule has 0 saturated carbocycles. The van der Waals surface area contributed by atoms with Gasteiger partial charge in [-0.3, -0.25) is 9.88 Å². The number of nitrogens with zero attached hydrogens (tertiary/aromatic N) is 2. The molecule has 4 rings (SSSR count). The summed E-state index contributed by atoms with van der Waals surface area (Å²) >= 11 is 0. The van der Waals surface area contributed by atoms with Crippen molar-refractivity contribution in [2.75, 3.05) is 0 Å². The van der Waals surface area contributed by atoms with Crippen LogP contribution < -0.4 is 0 Å². The van der Waals surface area contributed by atoms with Crippen LogP contribution in [0.5, 0.6) is 0 Å². The highest BCUT2D eigenvalue weighted by Crippen LogP contribution is 2.38. The van der Waals surface area contributed by atoms with E-state index in [0.29, 0.717) is 12.0 Å². The van der Waals surface area contributed by atoms with Gasteiger partial charge in [-0.15, -0.1) is 0 Å². The molecule has 1 saturated heterocycles. The Hall–Kier alpha value is -2.83. The molecule has 0 spiro atoms. The Morgan fingerprint density at radius 2 is 1.97 bits per heavy atom. The number of aromatic nitrogens is 1. The highest BCUT2D eigenvalue weighted by atomic mass is 19.4. The molecule has 1 fully saturated rings. The van der Waals surface area contributed by atoms with Gasteiger partial charge in [-0.05, 0) is 54.5 Å². The predicted octanol–water partition coefficient (Wildman–Crippen LogP) is 5.45. The first-order chi connectivity index (χ1) is 13.9. The van der Waals surface area contributed by atoms with E-state index in [1.807, 2.05) is 36.4 Å². The minimum atomic E-state index is -4.48. The third-order valence-electron chi connectivity index (χ3n) is 5.47. The molecule has 1 amide bonds. The predicted molar refractivity (Wildman–Crippen MR) is 102 cm³/mol. The van der Waals surface area contributed by atoms with Crippen molar-refractivity contribution in [1.82, 2.24) is 9.88 Å². The number of hydrogen-bond donors (Lipinski definition) is 0. The maximum Gasteiger partial charge on any atom is 0.433 e. The second-order valence-electron chi connectivity index (χ2n) is 7.42.